The van der Waals surface area contributed by atoms with Gasteiger partial charge in [0.2, 0.25) is 0 Å². The number of rotatable bonds is 8. The summed E-state index contributed by atoms with van der Waals surface area (Å²) in [5, 5.41) is 33.1. The van der Waals surface area contributed by atoms with Gasteiger partial charge in [0, 0.05) is 42.6 Å². The predicted octanol–water partition coefficient (Wildman–Crippen LogP) is 9.22. The second kappa shape index (κ2) is 15.6. The van der Waals surface area contributed by atoms with Gasteiger partial charge in [0.15, 0.2) is 11.5 Å². The van der Waals surface area contributed by atoms with Crippen LogP contribution in [0.3, 0.4) is 0 Å². The van der Waals surface area contributed by atoms with Crippen LogP contribution in [0.5, 0.6) is 28.7 Å². The molecule has 0 amide bonds. The van der Waals surface area contributed by atoms with E-state index in [1.54, 1.807) is 7.11 Å². The van der Waals surface area contributed by atoms with E-state index < -0.39 is 12.2 Å². The molecule has 54 heavy (non-hydrogen) atoms. The molecule has 0 saturated heterocycles. The Morgan fingerprint density at radius 1 is 0.981 bits per heavy atom. The van der Waals surface area contributed by atoms with E-state index in [9.17, 15) is 15.3 Å². The molecule has 3 aromatic rings. The van der Waals surface area contributed by atoms with Gasteiger partial charge in [-0.1, -0.05) is 57.8 Å². The van der Waals surface area contributed by atoms with Crippen molar-refractivity contribution in [2.75, 3.05) is 13.7 Å². The maximum Gasteiger partial charge on any atom is 0.182 e. The number of aliphatic hydroxyl groups is 2. The number of methoxy groups -OCH3 is 1. The van der Waals surface area contributed by atoms with Gasteiger partial charge in [-0.25, -0.2) is 0 Å². The third kappa shape index (κ3) is 6.97. The highest BCUT2D eigenvalue weighted by atomic mass is 16.5. The SMILES string of the molecule is CC[C@H]1C[C@H]([C@@H]2Cc3cc(O)c(CC(C)C)cc3-c3c(OC)cc4c(c32)C[C@@H](O)[C@H](c2ccc3c(c2)O[C@H]2CCCC[C@@H]2CC#CO3)O4)C=C[C@H]1CCO. The van der Waals surface area contributed by atoms with Gasteiger partial charge in [0.25, 0.3) is 0 Å². The normalized spacial score (nSPS) is 28.1. The average molecular weight is 733 g/mol. The van der Waals surface area contributed by atoms with E-state index in [1.807, 2.05) is 30.3 Å². The molecule has 8 atom stereocenters. The Kier molecular flexibility index (Phi) is 10.6. The minimum atomic E-state index is -0.801. The Morgan fingerprint density at radius 3 is 2.63 bits per heavy atom. The van der Waals surface area contributed by atoms with E-state index in [2.05, 4.69) is 51.0 Å². The molecular weight excluding hydrogens is 677 g/mol. The van der Waals surface area contributed by atoms with Gasteiger partial charge in [-0.2, -0.15) is 0 Å². The molecule has 3 aromatic carbocycles. The van der Waals surface area contributed by atoms with Crippen LogP contribution < -0.4 is 18.9 Å². The molecular formula is C47H56O7. The predicted molar refractivity (Wildman–Crippen MR) is 210 cm³/mol. The highest BCUT2D eigenvalue weighted by molar-refractivity contribution is 5.83. The lowest BCUT2D eigenvalue weighted by molar-refractivity contribution is 0.0197. The van der Waals surface area contributed by atoms with Crippen molar-refractivity contribution in [2.45, 2.75) is 116 Å². The smallest absolute Gasteiger partial charge is 0.182 e. The Balaban J connectivity index is 1.21. The molecule has 8 rings (SSSR count). The number of hydrogen-bond acceptors (Lipinski definition) is 7. The van der Waals surface area contributed by atoms with Gasteiger partial charge < -0.3 is 34.3 Å². The summed E-state index contributed by atoms with van der Waals surface area (Å²) in [6.45, 7) is 6.78. The third-order valence-corrected chi connectivity index (χ3v) is 13.0. The Hall–Kier alpha value is -4.12. The maximum atomic E-state index is 12.1. The molecule has 7 nitrogen and oxygen atoms in total. The number of fused-ring (bicyclic) bond motifs is 7. The van der Waals surface area contributed by atoms with Crippen LogP contribution in [0.2, 0.25) is 0 Å². The molecule has 3 N–H and O–H groups in total. The van der Waals surface area contributed by atoms with Crippen molar-refractivity contribution in [3.63, 3.8) is 0 Å². The van der Waals surface area contributed by atoms with E-state index in [0.717, 1.165) is 103 Å². The lowest BCUT2D eigenvalue weighted by Crippen LogP contribution is -2.34. The Bertz CT molecular complexity index is 1950. The van der Waals surface area contributed by atoms with Crippen LogP contribution in [0.15, 0.2) is 48.6 Å². The third-order valence-electron chi connectivity index (χ3n) is 13.0. The molecule has 1 fully saturated rings. The van der Waals surface area contributed by atoms with Crippen LogP contribution in [0.1, 0.15) is 112 Å². The first kappa shape index (κ1) is 36.8. The molecule has 2 aliphatic heterocycles. The first-order chi connectivity index (χ1) is 26.3. The number of phenolic OH excluding ortho intramolecular Hbond substituents is 1. The fraction of sp³-hybridized carbons (Fsp3) is 0.532. The van der Waals surface area contributed by atoms with Crippen molar-refractivity contribution in [3.8, 4) is 51.9 Å². The summed E-state index contributed by atoms with van der Waals surface area (Å²) < 4.78 is 25.7. The van der Waals surface area contributed by atoms with E-state index in [4.69, 9.17) is 18.9 Å². The van der Waals surface area contributed by atoms with Crippen LogP contribution in [0.4, 0.5) is 0 Å². The monoisotopic (exact) mass is 732 g/mol. The van der Waals surface area contributed by atoms with Crippen molar-refractivity contribution in [2.24, 2.45) is 29.6 Å². The first-order valence-electron chi connectivity index (χ1n) is 20.4. The number of benzene rings is 3. The summed E-state index contributed by atoms with van der Waals surface area (Å²) >= 11 is 0. The van der Waals surface area contributed by atoms with Crippen molar-refractivity contribution in [3.05, 3.63) is 76.4 Å². The molecule has 0 unspecified atom stereocenters. The molecule has 0 aromatic heterocycles. The van der Waals surface area contributed by atoms with Crippen molar-refractivity contribution in [1.29, 1.82) is 0 Å². The Morgan fingerprint density at radius 2 is 1.83 bits per heavy atom. The lowest BCUT2D eigenvalue weighted by atomic mass is 9.65. The molecule has 0 bridgehead atoms. The fourth-order valence-electron chi connectivity index (χ4n) is 10.2. The lowest BCUT2D eigenvalue weighted by Gasteiger charge is -2.42. The summed E-state index contributed by atoms with van der Waals surface area (Å²) in [5.74, 6) is 8.19. The zero-order chi connectivity index (χ0) is 37.5. The summed E-state index contributed by atoms with van der Waals surface area (Å²) in [5.41, 5.74) is 7.25. The number of ether oxygens (including phenoxy) is 4. The first-order valence-corrected chi connectivity index (χ1v) is 20.4. The van der Waals surface area contributed by atoms with Crippen LogP contribution in [-0.4, -0.2) is 41.2 Å². The van der Waals surface area contributed by atoms with E-state index in [-0.39, 0.29) is 24.5 Å². The average Bonchev–Trinajstić information content (AvgIpc) is 3.26. The standard InChI is InChI=1S/C47H56O7/c1-5-28-20-31(13-12-29(28)16-17-48)35-21-33-23-38(49)34(19-27(2)3)22-36(33)46-44(51-4)26-42-37(45(35)46)25-39(50)47(54-42)32-14-15-41-43(24-32)53-40-11-7-6-9-30(40)10-8-18-52-41/h12-15,22-24,26-31,35,39-40,47-50H,5-7,9-11,16-17,19-21,25H2,1-4H3/t28-,29-,30+,31+,35-,39+,40-,47-/m0/s1. The highest BCUT2D eigenvalue weighted by Gasteiger charge is 2.42. The number of aliphatic hydroxyl groups excluding tert-OH is 2. The quantitative estimate of drug-likeness (QED) is 0.157. The van der Waals surface area contributed by atoms with Gasteiger partial charge in [-0.3, -0.25) is 0 Å². The van der Waals surface area contributed by atoms with Gasteiger partial charge in [-0.05, 0) is 127 Å². The Labute approximate surface area is 320 Å². The molecule has 2 heterocycles. The van der Waals surface area contributed by atoms with Gasteiger partial charge in [0.1, 0.15) is 35.6 Å². The topological polar surface area (TPSA) is 97.6 Å². The molecule has 3 aliphatic carbocycles. The summed E-state index contributed by atoms with van der Waals surface area (Å²) in [7, 11) is 1.72. The summed E-state index contributed by atoms with van der Waals surface area (Å²) in [6.07, 6.45) is 16.3. The van der Waals surface area contributed by atoms with Crippen molar-refractivity contribution < 1.29 is 34.3 Å². The maximum absolute atomic E-state index is 12.1. The fourth-order valence-corrected chi connectivity index (χ4v) is 10.2. The van der Waals surface area contributed by atoms with Crippen LogP contribution in [0.25, 0.3) is 11.1 Å². The zero-order valence-corrected chi connectivity index (χ0v) is 32.3. The number of aromatic hydroxyl groups is 1. The summed E-state index contributed by atoms with van der Waals surface area (Å²) in [6, 6.07) is 12.0. The zero-order valence-electron chi connectivity index (χ0n) is 32.3. The number of hydrogen-bond donors (Lipinski definition) is 3. The second-order valence-electron chi connectivity index (χ2n) is 16.8. The van der Waals surface area contributed by atoms with Crippen LogP contribution in [0, 0.1) is 41.6 Å². The molecule has 0 radical (unpaired) electrons. The van der Waals surface area contributed by atoms with Gasteiger partial charge in [-0.15, -0.1) is 0 Å². The van der Waals surface area contributed by atoms with Crippen LogP contribution in [-0.2, 0) is 19.3 Å². The van der Waals surface area contributed by atoms with Crippen molar-refractivity contribution in [1.82, 2.24) is 0 Å². The minimum Gasteiger partial charge on any atom is -0.508 e. The summed E-state index contributed by atoms with van der Waals surface area (Å²) in [4.78, 5) is 0. The van der Waals surface area contributed by atoms with Crippen LogP contribution >= 0.6 is 0 Å². The van der Waals surface area contributed by atoms with E-state index >= 15 is 0 Å². The molecule has 286 valence electrons. The van der Waals surface area contributed by atoms with E-state index in [0.29, 0.717) is 47.3 Å². The van der Waals surface area contributed by atoms with Gasteiger partial charge >= 0.3 is 0 Å². The highest BCUT2D eigenvalue weighted by Crippen LogP contribution is 2.56. The van der Waals surface area contributed by atoms with Gasteiger partial charge in [0.05, 0.1) is 13.2 Å². The molecule has 1 saturated carbocycles. The molecule has 5 aliphatic rings. The van der Waals surface area contributed by atoms with E-state index in [1.165, 1.54) is 12.0 Å². The van der Waals surface area contributed by atoms with Crippen molar-refractivity contribution >= 4 is 0 Å². The largest absolute Gasteiger partial charge is 0.508 e. The minimum absolute atomic E-state index is 0.0836. The second-order valence-corrected chi connectivity index (χ2v) is 16.8. The number of allylic oxidation sites excluding steroid dienone is 2. The number of phenols is 1. The molecule has 0 spiro atoms. The molecule has 7 heteroatoms.